The fraction of sp³-hybridized carbons (Fsp3) is 0.333. The number of benzene rings is 1. The maximum atomic E-state index is 12.2. The largest absolute Gasteiger partial charge is 0.380 e. The minimum Gasteiger partial charge on any atom is -0.380 e. The highest BCUT2D eigenvalue weighted by molar-refractivity contribution is 6.35. The van der Waals surface area contributed by atoms with Crippen molar-refractivity contribution in [3.8, 4) is 0 Å². The Bertz CT molecular complexity index is 668. The Hall–Kier alpha value is -1.65. The van der Waals surface area contributed by atoms with Gasteiger partial charge in [-0.1, -0.05) is 36.7 Å². The number of rotatable bonds is 3. The molecule has 1 amide bonds. The minimum atomic E-state index is -0.203. The fourth-order valence-electron chi connectivity index (χ4n) is 2.19. The second-order valence-electron chi connectivity index (χ2n) is 5.49. The summed E-state index contributed by atoms with van der Waals surface area (Å²) >= 11 is 6.19. The zero-order chi connectivity index (χ0) is 14.2. The number of hydrogen-bond acceptors (Lipinski definition) is 3. The molecule has 1 aromatic carbocycles. The van der Waals surface area contributed by atoms with E-state index in [9.17, 15) is 4.79 Å². The van der Waals surface area contributed by atoms with Crippen LogP contribution in [0.3, 0.4) is 0 Å². The third kappa shape index (κ3) is 2.49. The number of para-hydroxylation sites is 1. The molecule has 104 valence electrons. The third-order valence-electron chi connectivity index (χ3n) is 3.48. The van der Waals surface area contributed by atoms with Crippen molar-refractivity contribution in [3.05, 3.63) is 41.0 Å². The molecule has 0 bridgehead atoms. The standard InChI is InChI=1S/C15H15ClN2O2/c1-15(8-20-9-15)7-17-14(19)13-6-11(16)10-4-2-3-5-12(10)18-13/h2-6H,7-9H2,1H3,(H,17,19). The first-order valence-corrected chi connectivity index (χ1v) is 6.86. The molecular formula is C15H15ClN2O2. The summed E-state index contributed by atoms with van der Waals surface area (Å²) in [5.41, 5.74) is 1.11. The van der Waals surface area contributed by atoms with Crippen molar-refractivity contribution in [2.45, 2.75) is 6.92 Å². The zero-order valence-electron chi connectivity index (χ0n) is 11.1. The van der Waals surface area contributed by atoms with Crippen LogP contribution in [0, 0.1) is 5.41 Å². The summed E-state index contributed by atoms with van der Waals surface area (Å²) in [5.74, 6) is -0.203. The van der Waals surface area contributed by atoms with Crippen LogP contribution in [0.2, 0.25) is 5.02 Å². The van der Waals surface area contributed by atoms with Crippen LogP contribution in [0.5, 0.6) is 0 Å². The predicted octanol–water partition coefficient (Wildman–Crippen LogP) is 2.65. The Morgan fingerprint density at radius 1 is 1.45 bits per heavy atom. The molecule has 0 spiro atoms. The van der Waals surface area contributed by atoms with E-state index in [0.717, 1.165) is 10.9 Å². The molecule has 1 saturated heterocycles. The number of fused-ring (bicyclic) bond motifs is 1. The lowest BCUT2D eigenvalue weighted by atomic mass is 9.89. The van der Waals surface area contributed by atoms with Gasteiger partial charge in [0.05, 0.1) is 23.8 Å². The van der Waals surface area contributed by atoms with Crippen LogP contribution in [0.4, 0.5) is 0 Å². The molecule has 1 aromatic heterocycles. The molecule has 1 N–H and O–H groups in total. The highest BCUT2D eigenvalue weighted by Gasteiger charge is 2.33. The minimum absolute atomic E-state index is 0.0380. The molecule has 0 atom stereocenters. The number of aromatic nitrogens is 1. The van der Waals surface area contributed by atoms with Crippen LogP contribution < -0.4 is 5.32 Å². The van der Waals surface area contributed by atoms with Gasteiger partial charge in [-0.2, -0.15) is 0 Å². The highest BCUT2D eigenvalue weighted by Crippen LogP contribution is 2.26. The number of nitrogens with zero attached hydrogens (tertiary/aromatic N) is 1. The quantitative estimate of drug-likeness (QED) is 0.945. The molecule has 1 fully saturated rings. The van der Waals surface area contributed by atoms with E-state index < -0.39 is 0 Å². The monoisotopic (exact) mass is 290 g/mol. The molecule has 5 heteroatoms. The summed E-state index contributed by atoms with van der Waals surface area (Å²) in [7, 11) is 0. The molecule has 1 aliphatic heterocycles. The number of hydrogen-bond donors (Lipinski definition) is 1. The van der Waals surface area contributed by atoms with E-state index in [-0.39, 0.29) is 11.3 Å². The van der Waals surface area contributed by atoms with Crippen LogP contribution in [0.15, 0.2) is 30.3 Å². The van der Waals surface area contributed by atoms with Gasteiger partial charge in [-0.15, -0.1) is 0 Å². The van der Waals surface area contributed by atoms with E-state index in [0.29, 0.717) is 30.5 Å². The molecule has 20 heavy (non-hydrogen) atoms. The SMILES string of the molecule is CC1(CNC(=O)c2cc(Cl)c3ccccc3n2)COC1. The number of pyridine rings is 1. The van der Waals surface area contributed by atoms with Gasteiger partial charge in [0, 0.05) is 17.3 Å². The van der Waals surface area contributed by atoms with Crippen molar-refractivity contribution in [1.82, 2.24) is 10.3 Å². The Kier molecular flexibility index (Phi) is 3.36. The summed E-state index contributed by atoms with van der Waals surface area (Å²) < 4.78 is 5.16. The zero-order valence-corrected chi connectivity index (χ0v) is 11.9. The van der Waals surface area contributed by atoms with Gasteiger partial charge in [-0.3, -0.25) is 4.79 Å². The van der Waals surface area contributed by atoms with Gasteiger partial charge in [-0.05, 0) is 12.1 Å². The summed E-state index contributed by atoms with van der Waals surface area (Å²) in [5, 5.41) is 4.29. The van der Waals surface area contributed by atoms with Crippen molar-refractivity contribution in [2.24, 2.45) is 5.41 Å². The Morgan fingerprint density at radius 3 is 2.90 bits per heavy atom. The topological polar surface area (TPSA) is 51.2 Å². The van der Waals surface area contributed by atoms with Gasteiger partial charge in [-0.25, -0.2) is 4.98 Å². The lowest BCUT2D eigenvalue weighted by Crippen LogP contribution is -2.48. The van der Waals surface area contributed by atoms with E-state index in [4.69, 9.17) is 16.3 Å². The van der Waals surface area contributed by atoms with Crippen molar-refractivity contribution in [3.63, 3.8) is 0 Å². The van der Waals surface area contributed by atoms with E-state index in [1.54, 1.807) is 6.07 Å². The number of carbonyl (C=O) groups is 1. The van der Waals surface area contributed by atoms with Crippen LogP contribution >= 0.6 is 11.6 Å². The number of halogens is 1. The number of amides is 1. The molecule has 0 radical (unpaired) electrons. The smallest absolute Gasteiger partial charge is 0.269 e. The van der Waals surface area contributed by atoms with Gasteiger partial charge in [0.2, 0.25) is 0 Å². The van der Waals surface area contributed by atoms with E-state index in [1.165, 1.54) is 0 Å². The molecule has 0 saturated carbocycles. The van der Waals surface area contributed by atoms with Gasteiger partial charge in [0.15, 0.2) is 0 Å². The van der Waals surface area contributed by atoms with Crippen molar-refractivity contribution in [2.75, 3.05) is 19.8 Å². The third-order valence-corrected chi connectivity index (χ3v) is 3.79. The lowest BCUT2D eigenvalue weighted by Gasteiger charge is -2.37. The summed E-state index contributed by atoms with van der Waals surface area (Å²) in [4.78, 5) is 16.5. The highest BCUT2D eigenvalue weighted by atomic mass is 35.5. The normalized spacial score (nSPS) is 16.7. The number of nitrogens with one attached hydrogen (secondary N) is 1. The van der Waals surface area contributed by atoms with Crippen molar-refractivity contribution < 1.29 is 9.53 Å². The molecule has 2 aromatic rings. The Morgan fingerprint density at radius 2 is 2.20 bits per heavy atom. The first kappa shape index (κ1) is 13.3. The second kappa shape index (κ2) is 5.04. The fourth-order valence-corrected chi connectivity index (χ4v) is 2.45. The number of carbonyl (C=O) groups excluding carboxylic acids is 1. The van der Waals surface area contributed by atoms with Gasteiger partial charge >= 0.3 is 0 Å². The van der Waals surface area contributed by atoms with Crippen LogP contribution in [-0.2, 0) is 4.74 Å². The van der Waals surface area contributed by atoms with Gasteiger partial charge in [0.1, 0.15) is 5.69 Å². The molecule has 4 nitrogen and oxygen atoms in total. The van der Waals surface area contributed by atoms with E-state index in [2.05, 4.69) is 17.2 Å². The van der Waals surface area contributed by atoms with Crippen molar-refractivity contribution in [1.29, 1.82) is 0 Å². The van der Waals surface area contributed by atoms with Crippen LogP contribution in [-0.4, -0.2) is 30.6 Å². The molecule has 0 unspecified atom stereocenters. The first-order chi connectivity index (χ1) is 9.57. The van der Waals surface area contributed by atoms with Crippen LogP contribution in [0.25, 0.3) is 10.9 Å². The van der Waals surface area contributed by atoms with E-state index >= 15 is 0 Å². The second-order valence-corrected chi connectivity index (χ2v) is 5.90. The summed E-state index contributed by atoms with van der Waals surface area (Å²) in [6.45, 7) is 4.02. The van der Waals surface area contributed by atoms with E-state index in [1.807, 2.05) is 24.3 Å². The maximum Gasteiger partial charge on any atom is 0.269 e. The molecule has 0 aliphatic carbocycles. The van der Waals surface area contributed by atoms with Crippen molar-refractivity contribution >= 4 is 28.4 Å². The van der Waals surface area contributed by atoms with Gasteiger partial charge in [0.25, 0.3) is 5.91 Å². The van der Waals surface area contributed by atoms with Crippen LogP contribution in [0.1, 0.15) is 17.4 Å². The maximum absolute atomic E-state index is 12.2. The summed E-state index contributed by atoms with van der Waals surface area (Å²) in [6.07, 6.45) is 0. The molecule has 2 heterocycles. The molecular weight excluding hydrogens is 276 g/mol. The lowest BCUT2D eigenvalue weighted by molar-refractivity contribution is -0.0978. The Labute approximate surface area is 122 Å². The predicted molar refractivity (Wildman–Crippen MR) is 78.0 cm³/mol. The Balaban J connectivity index is 1.80. The molecule has 3 rings (SSSR count). The summed E-state index contributed by atoms with van der Waals surface area (Å²) in [6, 6.07) is 9.12. The first-order valence-electron chi connectivity index (χ1n) is 6.49. The average molecular weight is 291 g/mol. The number of ether oxygens (including phenoxy) is 1. The molecule has 1 aliphatic rings. The average Bonchev–Trinajstić information content (AvgIpc) is 2.42. The van der Waals surface area contributed by atoms with Gasteiger partial charge < -0.3 is 10.1 Å².